The van der Waals surface area contributed by atoms with Crippen LogP contribution >= 0.6 is 35.6 Å². The number of ether oxygens (including phenoxy) is 2. The van der Waals surface area contributed by atoms with Crippen LogP contribution in [0.15, 0.2) is 17.1 Å². The summed E-state index contributed by atoms with van der Waals surface area (Å²) in [6.07, 6.45) is 5.01. The molecule has 136 valence electrons. The van der Waals surface area contributed by atoms with Crippen molar-refractivity contribution in [1.82, 2.24) is 10.6 Å². The Balaban J connectivity index is 0.00000288. The molecule has 0 aliphatic heterocycles. The molecule has 0 amide bonds. The average molecular weight is 468 g/mol. The van der Waals surface area contributed by atoms with E-state index >= 15 is 0 Å². The van der Waals surface area contributed by atoms with Gasteiger partial charge in [0.2, 0.25) is 0 Å². The largest absolute Gasteiger partial charge is 0.493 e. The minimum atomic E-state index is 0. The van der Waals surface area contributed by atoms with Crippen molar-refractivity contribution in [3.63, 3.8) is 0 Å². The molecule has 24 heavy (non-hydrogen) atoms. The molecule has 0 radical (unpaired) electrons. The van der Waals surface area contributed by atoms with Gasteiger partial charge in [0.15, 0.2) is 17.5 Å². The summed E-state index contributed by atoms with van der Waals surface area (Å²) in [7, 11) is 3.40. The van der Waals surface area contributed by atoms with Crippen molar-refractivity contribution in [3.05, 3.63) is 22.7 Å². The SMILES string of the molecule is CCOc1c(Cl)cc(CNC(=NC)NC2CCCC2)cc1OC.I. The molecule has 1 fully saturated rings. The molecule has 2 N–H and O–H groups in total. The molecule has 5 nitrogen and oxygen atoms in total. The van der Waals surface area contributed by atoms with Gasteiger partial charge in [-0.3, -0.25) is 4.99 Å². The number of nitrogens with one attached hydrogen (secondary N) is 2. The standard InChI is InChI=1S/C17H26ClN3O2.HI/c1-4-23-16-14(18)9-12(10-15(16)22-3)11-20-17(19-2)21-13-7-5-6-8-13;/h9-10,13H,4-8,11H2,1-3H3,(H2,19,20,21);1H. The first kappa shape index (κ1) is 21.2. The summed E-state index contributed by atoms with van der Waals surface area (Å²) in [6, 6.07) is 4.36. The van der Waals surface area contributed by atoms with Crippen LogP contribution < -0.4 is 20.1 Å². The topological polar surface area (TPSA) is 54.9 Å². The van der Waals surface area contributed by atoms with Crippen LogP contribution in [0.3, 0.4) is 0 Å². The van der Waals surface area contributed by atoms with Gasteiger partial charge in [0.25, 0.3) is 0 Å². The third kappa shape index (κ3) is 5.88. The molecular weight excluding hydrogens is 441 g/mol. The summed E-state index contributed by atoms with van der Waals surface area (Å²) in [4.78, 5) is 4.28. The molecule has 1 saturated carbocycles. The van der Waals surface area contributed by atoms with Gasteiger partial charge in [0, 0.05) is 19.6 Å². The van der Waals surface area contributed by atoms with Crippen LogP contribution in [-0.2, 0) is 6.54 Å². The fourth-order valence-electron chi connectivity index (χ4n) is 2.80. The molecule has 0 heterocycles. The highest BCUT2D eigenvalue weighted by atomic mass is 127. The van der Waals surface area contributed by atoms with Gasteiger partial charge in [-0.15, -0.1) is 24.0 Å². The second-order valence-electron chi connectivity index (χ2n) is 5.59. The number of halogens is 2. The van der Waals surface area contributed by atoms with Crippen LogP contribution in [0.1, 0.15) is 38.2 Å². The minimum absolute atomic E-state index is 0. The highest BCUT2D eigenvalue weighted by molar-refractivity contribution is 14.0. The second kappa shape index (κ2) is 10.9. The summed E-state index contributed by atoms with van der Waals surface area (Å²) >= 11 is 6.30. The summed E-state index contributed by atoms with van der Waals surface area (Å²) in [5.41, 5.74) is 1.02. The highest BCUT2D eigenvalue weighted by Crippen LogP contribution is 2.36. The highest BCUT2D eigenvalue weighted by Gasteiger charge is 2.16. The van der Waals surface area contributed by atoms with Gasteiger partial charge < -0.3 is 20.1 Å². The van der Waals surface area contributed by atoms with Gasteiger partial charge in [-0.1, -0.05) is 24.4 Å². The van der Waals surface area contributed by atoms with E-state index < -0.39 is 0 Å². The van der Waals surface area contributed by atoms with E-state index in [-0.39, 0.29) is 24.0 Å². The number of nitrogens with zero attached hydrogens (tertiary/aromatic N) is 1. The van der Waals surface area contributed by atoms with Crippen molar-refractivity contribution in [2.45, 2.75) is 45.2 Å². The van der Waals surface area contributed by atoms with Gasteiger partial charge in [0.05, 0.1) is 18.7 Å². The summed E-state index contributed by atoms with van der Waals surface area (Å²) < 4.78 is 10.9. The molecule has 0 spiro atoms. The monoisotopic (exact) mass is 467 g/mol. The maximum absolute atomic E-state index is 6.30. The van der Waals surface area contributed by atoms with Gasteiger partial charge >= 0.3 is 0 Å². The quantitative estimate of drug-likeness (QED) is 0.378. The Morgan fingerprint density at radius 2 is 2.04 bits per heavy atom. The first-order valence-electron chi connectivity index (χ1n) is 8.14. The van der Waals surface area contributed by atoms with Crippen molar-refractivity contribution in [2.24, 2.45) is 4.99 Å². The third-order valence-electron chi connectivity index (χ3n) is 3.96. The number of rotatable bonds is 6. The summed E-state index contributed by atoms with van der Waals surface area (Å²) in [5, 5.41) is 7.34. The van der Waals surface area contributed by atoms with Gasteiger partial charge in [-0.2, -0.15) is 0 Å². The van der Waals surface area contributed by atoms with Gasteiger partial charge in [0.1, 0.15) is 0 Å². The van der Waals surface area contributed by atoms with Crippen molar-refractivity contribution in [1.29, 1.82) is 0 Å². The predicted octanol–water partition coefficient (Wildman–Crippen LogP) is 3.97. The van der Waals surface area contributed by atoms with E-state index in [9.17, 15) is 0 Å². The molecule has 0 saturated heterocycles. The molecule has 1 aromatic rings. The van der Waals surface area contributed by atoms with E-state index in [0.29, 0.717) is 35.7 Å². The fourth-order valence-corrected chi connectivity index (χ4v) is 3.09. The Morgan fingerprint density at radius 3 is 2.62 bits per heavy atom. The van der Waals surface area contributed by atoms with E-state index in [4.69, 9.17) is 21.1 Å². The van der Waals surface area contributed by atoms with E-state index in [0.717, 1.165) is 11.5 Å². The molecular formula is C17H27ClIN3O2. The zero-order valence-electron chi connectivity index (χ0n) is 14.5. The zero-order valence-corrected chi connectivity index (χ0v) is 17.6. The molecule has 0 aromatic heterocycles. The molecule has 0 unspecified atom stereocenters. The number of guanidine groups is 1. The Morgan fingerprint density at radius 1 is 1.33 bits per heavy atom. The van der Waals surface area contributed by atoms with Crippen LogP contribution in [0, 0.1) is 0 Å². The minimum Gasteiger partial charge on any atom is -0.493 e. The molecule has 7 heteroatoms. The van der Waals surface area contributed by atoms with E-state index in [1.165, 1.54) is 25.7 Å². The van der Waals surface area contributed by atoms with Crippen molar-refractivity contribution in [3.8, 4) is 11.5 Å². The molecule has 1 aromatic carbocycles. The summed E-state index contributed by atoms with van der Waals surface area (Å²) in [5.74, 6) is 2.06. The number of hydrogen-bond acceptors (Lipinski definition) is 3. The molecule has 1 aliphatic rings. The molecule has 1 aliphatic carbocycles. The first-order chi connectivity index (χ1) is 11.2. The van der Waals surface area contributed by atoms with Crippen molar-refractivity contribution < 1.29 is 9.47 Å². The Hall–Kier alpha value is -0.890. The number of hydrogen-bond donors (Lipinski definition) is 2. The van der Waals surface area contributed by atoms with E-state index in [2.05, 4.69) is 15.6 Å². The molecule has 2 rings (SSSR count). The van der Waals surface area contributed by atoms with Crippen molar-refractivity contribution >= 4 is 41.5 Å². The second-order valence-corrected chi connectivity index (χ2v) is 6.00. The first-order valence-corrected chi connectivity index (χ1v) is 8.52. The van der Waals surface area contributed by atoms with E-state index in [1.54, 1.807) is 14.2 Å². The number of methoxy groups -OCH3 is 1. The average Bonchev–Trinajstić information content (AvgIpc) is 3.06. The maximum atomic E-state index is 6.30. The zero-order chi connectivity index (χ0) is 16.7. The lowest BCUT2D eigenvalue weighted by atomic mass is 10.2. The normalized spacial score (nSPS) is 14.9. The van der Waals surface area contributed by atoms with Gasteiger partial charge in [-0.25, -0.2) is 0 Å². The Kier molecular flexibility index (Phi) is 9.58. The maximum Gasteiger partial charge on any atom is 0.191 e. The number of benzene rings is 1. The third-order valence-corrected chi connectivity index (χ3v) is 4.24. The molecule has 0 bridgehead atoms. The Labute approximate surface area is 166 Å². The lowest BCUT2D eigenvalue weighted by Crippen LogP contribution is -2.41. The Bertz CT molecular complexity index is 549. The van der Waals surface area contributed by atoms with E-state index in [1.807, 2.05) is 19.1 Å². The smallest absolute Gasteiger partial charge is 0.191 e. The lowest BCUT2D eigenvalue weighted by molar-refractivity contribution is 0.311. The van der Waals surface area contributed by atoms with Crippen molar-refractivity contribution in [2.75, 3.05) is 20.8 Å². The lowest BCUT2D eigenvalue weighted by Gasteiger charge is -2.18. The van der Waals surface area contributed by atoms with Gasteiger partial charge in [-0.05, 0) is 37.5 Å². The fraction of sp³-hybridized carbons (Fsp3) is 0.588. The summed E-state index contributed by atoms with van der Waals surface area (Å²) in [6.45, 7) is 3.09. The van der Waals surface area contributed by atoms with Crippen LogP contribution in [-0.4, -0.2) is 32.8 Å². The van der Waals surface area contributed by atoms with Crippen LogP contribution in [0.25, 0.3) is 0 Å². The van der Waals surface area contributed by atoms with Crippen LogP contribution in [0.4, 0.5) is 0 Å². The van der Waals surface area contributed by atoms with Crippen LogP contribution in [0.5, 0.6) is 11.5 Å². The number of aliphatic imine (C=N–C) groups is 1. The van der Waals surface area contributed by atoms with Crippen LogP contribution in [0.2, 0.25) is 5.02 Å². The molecule has 0 atom stereocenters. The predicted molar refractivity (Wildman–Crippen MR) is 110 cm³/mol.